The Hall–Kier alpha value is -2.11. The maximum atomic E-state index is 11.9. The summed E-state index contributed by atoms with van der Waals surface area (Å²) < 4.78 is 5.70. The Bertz CT molecular complexity index is 898. The van der Waals surface area contributed by atoms with Crippen LogP contribution < -0.4 is 39.4 Å². The standard InChI is InChI=1S/C21H16ClNO3.Na/c1-14-12-17(13-18(22)23-14)26-20(21(24)25)19(15-8-4-2-5-9-15)16-10-6-3-7-11-16;/h2-13H,1H3,(H,24,25);/q;+1/p-1. The van der Waals surface area contributed by atoms with Crippen LogP contribution in [-0.2, 0) is 4.79 Å². The van der Waals surface area contributed by atoms with Crippen molar-refractivity contribution in [2.45, 2.75) is 6.92 Å². The summed E-state index contributed by atoms with van der Waals surface area (Å²) in [4.78, 5) is 16.0. The zero-order chi connectivity index (χ0) is 18.5. The number of rotatable bonds is 5. The second-order valence-corrected chi connectivity index (χ2v) is 5.98. The average molecular weight is 388 g/mol. The molecule has 0 fully saturated rings. The molecule has 3 rings (SSSR count). The number of nitrogens with zero attached hydrogens (tertiary/aromatic N) is 1. The Kier molecular flexibility index (Phi) is 7.63. The van der Waals surface area contributed by atoms with Crippen LogP contribution >= 0.6 is 11.6 Å². The summed E-state index contributed by atoms with van der Waals surface area (Å²) in [5.41, 5.74) is 2.45. The van der Waals surface area contributed by atoms with Crippen LogP contribution in [0.5, 0.6) is 5.75 Å². The summed E-state index contributed by atoms with van der Waals surface area (Å²) in [6.07, 6.45) is 0. The van der Waals surface area contributed by atoms with Gasteiger partial charge in [0.1, 0.15) is 16.9 Å². The molecule has 3 aromatic rings. The number of carbonyl (C=O) groups is 1. The number of aryl methyl sites for hydroxylation is 1. The molecule has 0 amide bonds. The molecule has 4 nitrogen and oxygen atoms in total. The fourth-order valence-electron chi connectivity index (χ4n) is 2.61. The van der Waals surface area contributed by atoms with E-state index in [0.717, 1.165) is 0 Å². The first-order chi connectivity index (χ1) is 12.5. The van der Waals surface area contributed by atoms with Crippen LogP contribution in [-0.4, -0.2) is 11.0 Å². The molecule has 27 heavy (non-hydrogen) atoms. The molecule has 0 saturated heterocycles. The number of pyridine rings is 1. The molecule has 130 valence electrons. The summed E-state index contributed by atoms with van der Waals surface area (Å²) in [6, 6.07) is 21.4. The molecule has 1 aromatic heterocycles. The van der Waals surface area contributed by atoms with E-state index in [0.29, 0.717) is 22.4 Å². The topological polar surface area (TPSA) is 62.2 Å². The van der Waals surface area contributed by atoms with E-state index < -0.39 is 5.97 Å². The number of benzene rings is 2. The smallest absolute Gasteiger partial charge is 0.542 e. The average Bonchev–Trinajstić information content (AvgIpc) is 2.62. The largest absolute Gasteiger partial charge is 1.00 e. The van der Waals surface area contributed by atoms with Crippen LogP contribution in [0.4, 0.5) is 0 Å². The second kappa shape index (κ2) is 9.72. The van der Waals surface area contributed by atoms with Gasteiger partial charge in [0.05, 0.1) is 0 Å². The Labute approximate surface area is 184 Å². The quantitative estimate of drug-likeness (QED) is 0.279. The van der Waals surface area contributed by atoms with E-state index in [-0.39, 0.29) is 46.2 Å². The summed E-state index contributed by atoms with van der Waals surface area (Å²) in [7, 11) is 0. The van der Waals surface area contributed by atoms with Gasteiger partial charge < -0.3 is 14.6 Å². The maximum absolute atomic E-state index is 11.9. The SMILES string of the molecule is Cc1cc(OC(C(=O)[O-])=C(c2ccccc2)c2ccccc2)cc(Cl)n1.[Na+]. The fourth-order valence-corrected chi connectivity index (χ4v) is 2.85. The molecule has 0 aliphatic rings. The van der Waals surface area contributed by atoms with Gasteiger partial charge in [-0.25, -0.2) is 4.98 Å². The van der Waals surface area contributed by atoms with E-state index in [1.54, 1.807) is 13.0 Å². The number of hydrogen-bond donors (Lipinski definition) is 0. The minimum absolute atomic E-state index is 0. The molecular weight excluding hydrogens is 373 g/mol. The molecule has 0 spiro atoms. The molecule has 0 unspecified atom stereocenters. The van der Waals surface area contributed by atoms with Gasteiger partial charge in [0.25, 0.3) is 0 Å². The van der Waals surface area contributed by atoms with Crippen LogP contribution in [0.2, 0.25) is 5.15 Å². The number of aliphatic carboxylic acids is 1. The van der Waals surface area contributed by atoms with Gasteiger partial charge in [0.15, 0.2) is 5.76 Å². The van der Waals surface area contributed by atoms with Crippen LogP contribution in [0.1, 0.15) is 16.8 Å². The first-order valence-electron chi connectivity index (χ1n) is 7.93. The second-order valence-electron chi connectivity index (χ2n) is 5.59. The zero-order valence-electron chi connectivity index (χ0n) is 15.0. The van der Waals surface area contributed by atoms with E-state index in [1.165, 1.54) is 6.07 Å². The molecular formula is C21H15ClNNaO3. The number of ether oxygens (including phenoxy) is 1. The van der Waals surface area contributed by atoms with Crippen molar-refractivity contribution >= 4 is 23.1 Å². The van der Waals surface area contributed by atoms with Gasteiger partial charge in [-0.2, -0.15) is 0 Å². The van der Waals surface area contributed by atoms with Gasteiger partial charge in [-0.3, -0.25) is 0 Å². The summed E-state index contributed by atoms with van der Waals surface area (Å²) in [5, 5.41) is 12.1. The van der Waals surface area contributed by atoms with Crippen LogP contribution in [0.15, 0.2) is 78.6 Å². The van der Waals surface area contributed by atoms with Crippen molar-refractivity contribution in [3.8, 4) is 5.75 Å². The number of carboxylic acid groups (broad SMARTS) is 1. The van der Waals surface area contributed by atoms with Gasteiger partial charge in [-0.05, 0) is 18.1 Å². The van der Waals surface area contributed by atoms with E-state index >= 15 is 0 Å². The Morgan fingerprint density at radius 2 is 1.48 bits per heavy atom. The Balaban J connectivity index is 0.00000261. The number of halogens is 1. The first-order valence-corrected chi connectivity index (χ1v) is 8.31. The fraction of sp³-hybridized carbons (Fsp3) is 0.0476. The summed E-state index contributed by atoms with van der Waals surface area (Å²) in [5.74, 6) is -1.42. The maximum Gasteiger partial charge on any atom is 1.00 e. The molecule has 0 atom stereocenters. The predicted molar refractivity (Wildman–Crippen MR) is 98.5 cm³/mol. The normalized spacial score (nSPS) is 9.85. The third-order valence-electron chi connectivity index (χ3n) is 3.65. The monoisotopic (exact) mass is 387 g/mol. The van der Waals surface area contributed by atoms with E-state index in [4.69, 9.17) is 16.3 Å². The van der Waals surface area contributed by atoms with Crippen molar-refractivity contribution in [3.05, 3.63) is 101 Å². The molecule has 0 N–H and O–H groups in total. The third kappa shape index (κ3) is 5.44. The summed E-state index contributed by atoms with van der Waals surface area (Å²) >= 11 is 5.96. The van der Waals surface area contributed by atoms with Crippen molar-refractivity contribution in [3.63, 3.8) is 0 Å². The molecule has 0 bridgehead atoms. The van der Waals surface area contributed by atoms with E-state index in [1.807, 2.05) is 60.7 Å². The van der Waals surface area contributed by atoms with Crippen molar-refractivity contribution < 1.29 is 44.2 Å². The minimum atomic E-state index is -1.42. The van der Waals surface area contributed by atoms with Crippen LogP contribution in [0.25, 0.3) is 5.57 Å². The van der Waals surface area contributed by atoms with Crippen molar-refractivity contribution in [1.82, 2.24) is 4.98 Å². The Morgan fingerprint density at radius 3 is 1.93 bits per heavy atom. The van der Waals surface area contributed by atoms with Crippen LogP contribution in [0, 0.1) is 6.92 Å². The van der Waals surface area contributed by atoms with Gasteiger partial charge in [-0.15, -0.1) is 0 Å². The van der Waals surface area contributed by atoms with Crippen molar-refractivity contribution in [2.75, 3.05) is 0 Å². The zero-order valence-corrected chi connectivity index (χ0v) is 17.7. The molecule has 6 heteroatoms. The van der Waals surface area contributed by atoms with Crippen molar-refractivity contribution in [1.29, 1.82) is 0 Å². The molecule has 0 saturated carbocycles. The van der Waals surface area contributed by atoms with Crippen LogP contribution in [0.3, 0.4) is 0 Å². The van der Waals surface area contributed by atoms with E-state index in [9.17, 15) is 9.90 Å². The third-order valence-corrected chi connectivity index (χ3v) is 3.85. The molecule has 1 heterocycles. The summed E-state index contributed by atoms with van der Waals surface area (Å²) in [6.45, 7) is 1.75. The number of aromatic nitrogens is 1. The number of carboxylic acids is 1. The van der Waals surface area contributed by atoms with Crippen molar-refractivity contribution in [2.24, 2.45) is 0 Å². The van der Waals surface area contributed by atoms with E-state index in [2.05, 4.69) is 4.98 Å². The molecule has 2 aromatic carbocycles. The first kappa shape index (κ1) is 21.2. The molecule has 0 aliphatic heterocycles. The molecule has 0 radical (unpaired) electrons. The van der Waals surface area contributed by atoms with Gasteiger partial charge in [0.2, 0.25) is 0 Å². The van der Waals surface area contributed by atoms with Gasteiger partial charge in [-0.1, -0.05) is 72.3 Å². The minimum Gasteiger partial charge on any atom is -0.542 e. The predicted octanol–water partition coefficient (Wildman–Crippen LogP) is 0.636. The molecule has 0 aliphatic carbocycles. The number of carbonyl (C=O) groups excluding carboxylic acids is 1. The number of hydrogen-bond acceptors (Lipinski definition) is 4. The van der Waals surface area contributed by atoms with Gasteiger partial charge in [0, 0.05) is 23.4 Å². The Morgan fingerprint density at radius 1 is 0.963 bits per heavy atom. The van der Waals surface area contributed by atoms with Gasteiger partial charge >= 0.3 is 29.6 Å².